The van der Waals surface area contributed by atoms with E-state index >= 15 is 0 Å². The molecule has 5 N–H and O–H groups in total. The van der Waals surface area contributed by atoms with Crippen molar-refractivity contribution in [2.45, 2.75) is 26.2 Å². The van der Waals surface area contributed by atoms with Gasteiger partial charge in [0.2, 0.25) is 5.96 Å². The lowest BCUT2D eigenvalue weighted by Gasteiger charge is -2.03. The third-order valence-electron chi connectivity index (χ3n) is 1.41. The Kier molecular flexibility index (Phi) is 5.84. The number of rotatable bonds is 4. The van der Waals surface area contributed by atoms with Crippen LogP contribution in [-0.2, 0) is 14.4 Å². The molecule has 0 aliphatic heterocycles. The van der Waals surface area contributed by atoms with Crippen LogP contribution in [0.2, 0.25) is 0 Å². The van der Waals surface area contributed by atoms with Crippen LogP contribution in [0.4, 0.5) is 0 Å². The molecule has 7 nitrogen and oxygen atoms in total. The van der Waals surface area contributed by atoms with Crippen molar-refractivity contribution < 1.29 is 14.4 Å². The number of guanidine groups is 1. The van der Waals surface area contributed by atoms with Gasteiger partial charge in [0.15, 0.2) is 0 Å². The smallest absolute Gasteiger partial charge is 0.332 e. The number of carbonyl (C=O) groups is 2. The van der Waals surface area contributed by atoms with Crippen LogP contribution in [0.3, 0.4) is 0 Å². The highest BCUT2D eigenvalue weighted by Crippen LogP contribution is 1.95. The summed E-state index contributed by atoms with van der Waals surface area (Å²) in [5, 5.41) is 3.01. The van der Waals surface area contributed by atoms with Crippen LogP contribution in [0.15, 0.2) is 5.10 Å². The molecule has 0 spiro atoms. The van der Waals surface area contributed by atoms with Gasteiger partial charge >= 0.3 is 5.97 Å². The molecule has 0 bridgehead atoms. The highest BCUT2D eigenvalue weighted by molar-refractivity contribution is 5.83. The summed E-state index contributed by atoms with van der Waals surface area (Å²) in [7, 11) is 0. The minimum atomic E-state index is -0.585. The second-order valence-corrected chi connectivity index (χ2v) is 2.48. The van der Waals surface area contributed by atoms with E-state index < -0.39 is 5.97 Å². The number of hydrazone groups is 1. The van der Waals surface area contributed by atoms with Crippen LogP contribution in [0.25, 0.3) is 0 Å². The lowest BCUT2D eigenvalue weighted by Crippen LogP contribution is -2.34. The average molecular weight is 202 g/mol. The maximum absolute atomic E-state index is 10.9. The molecule has 0 amide bonds. The normalized spacial score (nSPS) is 10.8. The molecular weight excluding hydrogens is 188 g/mol. The zero-order chi connectivity index (χ0) is 11.0. The topological polar surface area (TPSA) is 120 Å². The summed E-state index contributed by atoms with van der Waals surface area (Å²) in [6.07, 6.45) is 0.585. The molecule has 0 rings (SSSR count). The van der Waals surface area contributed by atoms with Gasteiger partial charge in [-0.05, 0) is 0 Å². The molecule has 0 saturated heterocycles. The first-order valence-corrected chi connectivity index (χ1v) is 4.10. The Balaban J connectivity index is 3.61. The van der Waals surface area contributed by atoms with E-state index in [0.717, 1.165) is 0 Å². The van der Waals surface area contributed by atoms with E-state index in [2.05, 4.69) is 9.94 Å². The predicted molar refractivity (Wildman–Crippen MR) is 49.6 cm³/mol. The van der Waals surface area contributed by atoms with Crippen LogP contribution < -0.4 is 17.1 Å². The fourth-order valence-corrected chi connectivity index (χ4v) is 0.605. The number of hydrogen-bond donors (Lipinski definition) is 3. The van der Waals surface area contributed by atoms with Crippen LogP contribution in [0.5, 0.6) is 0 Å². The molecule has 0 unspecified atom stereocenters. The van der Waals surface area contributed by atoms with Gasteiger partial charge in [0, 0.05) is 12.8 Å². The molecule has 0 heterocycles. The number of Topliss-reactive ketones (excluding diaryl/α,β-unsaturated/α-hetero) is 1. The van der Waals surface area contributed by atoms with Gasteiger partial charge in [0.05, 0.1) is 6.42 Å². The summed E-state index contributed by atoms with van der Waals surface area (Å²) in [5.74, 6) is 3.97. The Morgan fingerprint density at radius 1 is 1.43 bits per heavy atom. The molecule has 0 saturated carbocycles. The predicted octanol–water partition coefficient (Wildman–Crippen LogP) is -1.02. The molecule has 0 fully saturated rings. The van der Waals surface area contributed by atoms with Crippen molar-refractivity contribution in [2.75, 3.05) is 0 Å². The first kappa shape index (κ1) is 12.2. The summed E-state index contributed by atoms with van der Waals surface area (Å²) >= 11 is 0. The fourth-order valence-electron chi connectivity index (χ4n) is 0.605. The number of hydroxylamine groups is 1. The fraction of sp³-hybridized carbons (Fsp3) is 0.571. The van der Waals surface area contributed by atoms with E-state index in [-0.39, 0.29) is 24.6 Å². The summed E-state index contributed by atoms with van der Waals surface area (Å²) in [4.78, 5) is 26.1. The van der Waals surface area contributed by atoms with Gasteiger partial charge in [0.25, 0.3) is 0 Å². The van der Waals surface area contributed by atoms with Gasteiger partial charge in [-0.2, -0.15) is 5.48 Å². The van der Waals surface area contributed by atoms with E-state index in [1.54, 1.807) is 6.92 Å². The lowest BCUT2D eigenvalue weighted by molar-refractivity contribution is -0.148. The highest BCUT2D eigenvalue weighted by Gasteiger charge is 2.06. The standard InChI is InChI=1S/C7H14N4O3/c1-2-5(12)3-4-6(13)14-11-7(8)10-9/h2-4,9H2,1H3,(H3,8,10,11). The minimum Gasteiger partial charge on any atom is -0.366 e. The Morgan fingerprint density at radius 3 is 2.57 bits per heavy atom. The van der Waals surface area contributed by atoms with Gasteiger partial charge in [-0.3, -0.25) is 4.79 Å². The SMILES string of the molecule is CCC(=O)CCC(=O)ONC(N)=NN. The van der Waals surface area contributed by atoms with Crippen molar-refractivity contribution in [3.8, 4) is 0 Å². The maximum atomic E-state index is 10.9. The zero-order valence-electron chi connectivity index (χ0n) is 7.95. The van der Waals surface area contributed by atoms with Crippen LogP contribution in [0.1, 0.15) is 26.2 Å². The summed E-state index contributed by atoms with van der Waals surface area (Å²) in [5.41, 5.74) is 7.09. The van der Waals surface area contributed by atoms with Crippen LogP contribution >= 0.6 is 0 Å². The Labute approximate surface area is 81.4 Å². The van der Waals surface area contributed by atoms with Gasteiger partial charge in [-0.1, -0.05) is 6.92 Å². The molecule has 0 aliphatic carbocycles. The Hall–Kier alpha value is -1.79. The van der Waals surface area contributed by atoms with Crippen molar-refractivity contribution >= 4 is 17.7 Å². The van der Waals surface area contributed by atoms with E-state index in [9.17, 15) is 9.59 Å². The molecule has 0 aliphatic rings. The highest BCUT2D eigenvalue weighted by atomic mass is 16.7. The number of nitrogens with one attached hydrogen (secondary N) is 1. The van der Waals surface area contributed by atoms with Gasteiger partial charge in [0.1, 0.15) is 5.78 Å². The van der Waals surface area contributed by atoms with Gasteiger partial charge in [-0.15, -0.1) is 5.10 Å². The van der Waals surface area contributed by atoms with Crippen molar-refractivity contribution in [2.24, 2.45) is 16.7 Å². The Morgan fingerprint density at radius 2 is 2.07 bits per heavy atom. The van der Waals surface area contributed by atoms with E-state index in [0.29, 0.717) is 6.42 Å². The second kappa shape index (κ2) is 6.70. The Bertz CT molecular complexity index is 239. The zero-order valence-corrected chi connectivity index (χ0v) is 7.95. The average Bonchev–Trinajstić information content (AvgIpc) is 2.22. The number of carbonyl (C=O) groups excluding carboxylic acids is 2. The van der Waals surface area contributed by atoms with Crippen LogP contribution in [-0.4, -0.2) is 17.7 Å². The minimum absolute atomic E-state index is 0.00224. The molecule has 0 radical (unpaired) electrons. The summed E-state index contributed by atoms with van der Waals surface area (Å²) in [6, 6.07) is 0. The van der Waals surface area contributed by atoms with Crippen LogP contribution in [0, 0.1) is 0 Å². The number of nitrogens with zero attached hydrogens (tertiary/aromatic N) is 1. The van der Waals surface area contributed by atoms with Crippen molar-refractivity contribution in [1.82, 2.24) is 5.48 Å². The number of ketones is 1. The van der Waals surface area contributed by atoms with E-state index in [1.807, 2.05) is 5.48 Å². The molecule has 0 aromatic carbocycles. The lowest BCUT2D eigenvalue weighted by atomic mass is 10.2. The molecule has 80 valence electrons. The first-order chi connectivity index (χ1) is 6.60. The van der Waals surface area contributed by atoms with E-state index in [1.165, 1.54) is 0 Å². The van der Waals surface area contributed by atoms with Crippen molar-refractivity contribution in [3.05, 3.63) is 0 Å². The van der Waals surface area contributed by atoms with E-state index in [4.69, 9.17) is 11.6 Å². The molecular formula is C7H14N4O3. The summed E-state index contributed by atoms with van der Waals surface area (Å²) < 4.78 is 0. The van der Waals surface area contributed by atoms with Gasteiger partial charge in [-0.25, -0.2) is 4.79 Å². The summed E-state index contributed by atoms with van der Waals surface area (Å²) in [6.45, 7) is 1.73. The third-order valence-corrected chi connectivity index (χ3v) is 1.41. The third kappa shape index (κ3) is 5.81. The maximum Gasteiger partial charge on any atom is 0.332 e. The van der Waals surface area contributed by atoms with Crippen molar-refractivity contribution in [1.29, 1.82) is 0 Å². The van der Waals surface area contributed by atoms with Crippen molar-refractivity contribution in [3.63, 3.8) is 0 Å². The number of nitrogens with two attached hydrogens (primary N) is 2. The second-order valence-electron chi connectivity index (χ2n) is 2.48. The molecule has 7 heteroatoms. The first-order valence-electron chi connectivity index (χ1n) is 4.10. The largest absolute Gasteiger partial charge is 0.366 e. The monoisotopic (exact) mass is 202 g/mol. The molecule has 0 aromatic heterocycles. The quantitative estimate of drug-likeness (QED) is 0.232. The molecule has 0 atom stereocenters. The number of hydrogen-bond acceptors (Lipinski definition) is 5. The molecule has 0 aromatic rings. The molecule has 14 heavy (non-hydrogen) atoms. The van der Waals surface area contributed by atoms with Gasteiger partial charge < -0.3 is 16.4 Å².